The Morgan fingerprint density at radius 3 is 3.00 bits per heavy atom. The minimum atomic E-state index is 0.145. The van der Waals surface area contributed by atoms with E-state index < -0.39 is 0 Å². The molecule has 0 saturated carbocycles. The monoisotopic (exact) mass is 245 g/mol. The lowest BCUT2D eigenvalue weighted by Crippen LogP contribution is -2.24. The first-order valence-electron chi connectivity index (χ1n) is 6.26. The Kier molecular flexibility index (Phi) is 4.36. The van der Waals surface area contributed by atoms with Gasteiger partial charge in [0.05, 0.1) is 12.3 Å². The normalized spacial score (nSPS) is 12.5. The molecule has 2 rings (SSSR count). The maximum Gasteiger partial charge on any atom is 0.121 e. The van der Waals surface area contributed by atoms with Crippen LogP contribution in [0, 0.1) is 0 Å². The fourth-order valence-corrected chi connectivity index (χ4v) is 1.91. The van der Waals surface area contributed by atoms with E-state index in [1.165, 1.54) is 0 Å². The molecular formula is C14H19N3O. The first-order chi connectivity index (χ1) is 8.81. The third kappa shape index (κ3) is 3.11. The summed E-state index contributed by atoms with van der Waals surface area (Å²) in [4.78, 5) is 4.12. The predicted molar refractivity (Wildman–Crippen MR) is 72.1 cm³/mol. The molecule has 18 heavy (non-hydrogen) atoms. The Hall–Kier alpha value is -1.81. The van der Waals surface area contributed by atoms with Gasteiger partial charge in [-0.2, -0.15) is 0 Å². The smallest absolute Gasteiger partial charge is 0.121 e. The van der Waals surface area contributed by atoms with Gasteiger partial charge in [0.2, 0.25) is 0 Å². The summed E-state index contributed by atoms with van der Waals surface area (Å²) >= 11 is 0. The van der Waals surface area contributed by atoms with E-state index in [0.29, 0.717) is 0 Å². The molecule has 2 aromatic rings. The summed E-state index contributed by atoms with van der Waals surface area (Å²) in [6, 6.07) is 5.86. The Balaban J connectivity index is 2.13. The summed E-state index contributed by atoms with van der Waals surface area (Å²) < 4.78 is 5.48. The SMILES string of the molecule is CCCNC(Cc1cnccc1N)c1ccco1. The van der Waals surface area contributed by atoms with Gasteiger partial charge in [-0.25, -0.2) is 0 Å². The zero-order chi connectivity index (χ0) is 12.8. The molecule has 2 heterocycles. The number of hydrogen-bond acceptors (Lipinski definition) is 4. The van der Waals surface area contributed by atoms with Crippen molar-refractivity contribution in [3.63, 3.8) is 0 Å². The minimum Gasteiger partial charge on any atom is -0.468 e. The van der Waals surface area contributed by atoms with Crippen LogP contribution in [-0.4, -0.2) is 11.5 Å². The number of anilines is 1. The fraction of sp³-hybridized carbons (Fsp3) is 0.357. The van der Waals surface area contributed by atoms with Gasteiger partial charge >= 0.3 is 0 Å². The number of hydrogen-bond donors (Lipinski definition) is 2. The molecule has 0 bridgehead atoms. The second-order valence-electron chi connectivity index (χ2n) is 4.30. The standard InChI is InChI=1S/C14H19N3O/c1-2-6-17-13(14-4-3-8-18-14)9-11-10-16-7-5-12(11)15/h3-5,7-8,10,13,17H,2,6,9H2,1H3,(H2,15,16). The van der Waals surface area contributed by atoms with Crippen LogP contribution >= 0.6 is 0 Å². The molecule has 3 N–H and O–H groups in total. The highest BCUT2D eigenvalue weighted by Gasteiger charge is 2.15. The molecule has 1 unspecified atom stereocenters. The predicted octanol–water partition coefficient (Wildman–Crippen LogP) is 2.54. The summed E-state index contributed by atoms with van der Waals surface area (Å²) in [6.45, 7) is 3.09. The van der Waals surface area contributed by atoms with Crippen LogP contribution < -0.4 is 11.1 Å². The van der Waals surface area contributed by atoms with E-state index in [4.69, 9.17) is 10.2 Å². The molecule has 96 valence electrons. The topological polar surface area (TPSA) is 64.1 Å². The van der Waals surface area contributed by atoms with Crippen LogP contribution in [0.2, 0.25) is 0 Å². The van der Waals surface area contributed by atoms with Crippen molar-refractivity contribution in [1.29, 1.82) is 0 Å². The number of nitrogens with one attached hydrogen (secondary N) is 1. The van der Waals surface area contributed by atoms with E-state index in [2.05, 4.69) is 17.2 Å². The number of rotatable bonds is 6. The Bertz CT molecular complexity index is 468. The van der Waals surface area contributed by atoms with Crippen LogP contribution in [0.3, 0.4) is 0 Å². The Labute approximate surface area is 107 Å². The molecule has 0 aliphatic carbocycles. The number of furan rings is 1. The largest absolute Gasteiger partial charge is 0.468 e. The van der Waals surface area contributed by atoms with Crippen LogP contribution in [0.5, 0.6) is 0 Å². The van der Waals surface area contributed by atoms with Gasteiger partial charge < -0.3 is 15.5 Å². The van der Waals surface area contributed by atoms with E-state index in [0.717, 1.165) is 36.4 Å². The van der Waals surface area contributed by atoms with Crippen molar-refractivity contribution in [2.24, 2.45) is 0 Å². The number of nitrogen functional groups attached to an aromatic ring is 1. The summed E-state index contributed by atoms with van der Waals surface area (Å²) in [6.07, 6.45) is 7.09. The van der Waals surface area contributed by atoms with Crippen LogP contribution in [0.1, 0.15) is 30.7 Å². The maximum absolute atomic E-state index is 5.95. The van der Waals surface area contributed by atoms with Crippen molar-refractivity contribution in [2.45, 2.75) is 25.8 Å². The highest BCUT2D eigenvalue weighted by Crippen LogP contribution is 2.21. The second-order valence-corrected chi connectivity index (χ2v) is 4.30. The van der Waals surface area contributed by atoms with Gasteiger partial charge in [-0.15, -0.1) is 0 Å². The summed E-state index contributed by atoms with van der Waals surface area (Å²) in [5.41, 5.74) is 7.77. The number of pyridine rings is 1. The van der Waals surface area contributed by atoms with Crippen molar-refractivity contribution >= 4 is 5.69 Å². The molecule has 0 aromatic carbocycles. The van der Waals surface area contributed by atoms with Crippen LogP contribution in [-0.2, 0) is 6.42 Å². The van der Waals surface area contributed by atoms with Crippen molar-refractivity contribution < 1.29 is 4.42 Å². The van der Waals surface area contributed by atoms with Gasteiger partial charge in [0, 0.05) is 18.1 Å². The fourth-order valence-electron chi connectivity index (χ4n) is 1.91. The average molecular weight is 245 g/mol. The number of nitrogens with zero attached hydrogens (tertiary/aromatic N) is 1. The van der Waals surface area contributed by atoms with E-state index in [1.807, 2.05) is 24.4 Å². The first-order valence-corrected chi connectivity index (χ1v) is 6.26. The molecule has 0 radical (unpaired) electrons. The van der Waals surface area contributed by atoms with E-state index in [-0.39, 0.29) is 6.04 Å². The van der Waals surface area contributed by atoms with Crippen molar-refractivity contribution in [1.82, 2.24) is 10.3 Å². The molecular weight excluding hydrogens is 226 g/mol. The van der Waals surface area contributed by atoms with Gasteiger partial charge in [-0.05, 0) is 43.1 Å². The first kappa shape index (κ1) is 12.6. The maximum atomic E-state index is 5.95. The van der Waals surface area contributed by atoms with E-state index in [1.54, 1.807) is 12.5 Å². The molecule has 0 fully saturated rings. The molecule has 0 spiro atoms. The molecule has 2 aromatic heterocycles. The van der Waals surface area contributed by atoms with Gasteiger partial charge in [0.15, 0.2) is 0 Å². The van der Waals surface area contributed by atoms with Crippen molar-refractivity contribution in [2.75, 3.05) is 12.3 Å². The van der Waals surface area contributed by atoms with Gasteiger partial charge in [0.1, 0.15) is 5.76 Å². The van der Waals surface area contributed by atoms with Crippen LogP contribution in [0.15, 0.2) is 41.3 Å². The minimum absolute atomic E-state index is 0.145. The lowest BCUT2D eigenvalue weighted by atomic mass is 10.0. The quantitative estimate of drug-likeness (QED) is 0.821. The second kappa shape index (κ2) is 6.21. The van der Waals surface area contributed by atoms with Gasteiger partial charge in [-0.1, -0.05) is 6.92 Å². The van der Waals surface area contributed by atoms with E-state index in [9.17, 15) is 0 Å². The highest BCUT2D eigenvalue weighted by atomic mass is 16.3. The number of aromatic nitrogens is 1. The lowest BCUT2D eigenvalue weighted by Gasteiger charge is -2.17. The Morgan fingerprint density at radius 2 is 2.33 bits per heavy atom. The van der Waals surface area contributed by atoms with Gasteiger partial charge in [0.25, 0.3) is 0 Å². The molecule has 0 saturated heterocycles. The van der Waals surface area contributed by atoms with Gasteiger partial charge in [-0.3, -0.25) is 4.98 Å². The zero-order valence-corrected chi connectivity index (χ0v) is 10.6. The molecule has 0 amide bonds. The zero-order valence-electron chi connectivity index (χ0n) is 10.6. The molecule has 0 aliphatic rings. The van der Waals surface area contributed by atoms with E-state index >= 15 is 0 Å². The van der Waals surface area contributed by atoms with Crippen LogP contribution in [0.25, 0.3) is 0 Å². The van der Waals surface area contributed by atoms with Crippen molar-refractivity contribution in [3.8, 4) is 0 Å². The molecule has 4 nitrogen and oxygen atoms in total. The molecule has 0 aliphatic heterocycles. The third-order valence-corrected chi connectivity index (χ3v) is 2.89. The Morgan fingerprint density at radius 1 is 1.44 bits per heavy atom. The third-order valence-electron chi connectivity index (χ3n) is 2.89. The highest BCUT2D eigenvalue weighted by molar-refractivity contribution is 5.44. The molecule has 4 heteroatoms. The average Bonchev–Trinajstić information content (AvgIpc) is 2.90. The number of nitrogens with two attached hydrogens (primary N) is 1. The lowest BCUT2D eigenvalue weighted by molar-refractivity contribution is 0.410. The van der Waals surface area contributed by atoms with Crippen LogP contribution in [0.4, 0.5) is 5.69 Å². The summed E-state index contributed by atoms with van der Waals surface area (Å²) in [5.74, 6) is 0.937. The molecule has 1 atom stereocenters. The summed E-state index contributed by atoms with van der Waals surface area (Å²) in [7, 11) is 0. The summed E-state index contributed by atoms with van der Waals surface area (Å²) in [5, 5.41) is 3.47. The van der Waals surface area contributed by atoms with Crippen molar-refractivity contribution in [3.05, 3.63) is 48.2 Å².